The fraction of sp³-hybridized carbons (Fsp3) is 0.158. The Balaban J connectivity index is 1.06. The molecular weight excluding hydrogens is 548 g/mol. The van der Waals surface area contributed by atoms with Gasteiger partial charge in [0.05, 0.1) is 0 Å². The van der Waals surface area contributed by atoms with Gasteiger partial charge in [-0.3, -0.25) is 9.59 Å². The van der Waals surface area contributed by atoms with Crippen molar-refractivity contribution < 1.29 is 19.1 Å². The Morgan fingerprint density at radius 2 is 1.20 bits per heavy atom. The second-order valence-electron chi connectivity index (χ2n) is 10.9. The van der Waals surface area contributed by atoms with Crippen molar-refractivity contribution in [3.8, 4) is 23.0 Å². The maximum Gasteiger partial charge on any atom is 0.255 e. The van der Waals surface area contributed by atoms with Gasteiger partial charge in [0.25, 0.3) is 5.91 Å². The summed E-state index contributed by atoms with van der Waals surface area (Å²) in [6, 6.07) is 39.7. The molecule has 0 saturated carbocycles. The monoisotopic (exact) mass is 584 g/mol. The summed E-state index contributed by atoms with van der Waals surface area (Å²) in [6.07, 6.45) is 2.17. The highest BCUT2D eigenvalue weighted by atomic mass is 16.5. The van der Waals surface area contributed by atoms with Crippen LogP contribution in [0, 0.1) is 12.8 Å². The summed E-state index contributed by atoms with van der Waals surface area (Å²) in [7, 11) is 0. The number of hydrogen-bond acceptors (Lipinski definition) is 4. The molecular formula is C38H36N2O4. The minimum atomic E-state index is -0.170. The van der Waals surface area contributed by atoms with Crippen molar-refractivity contribution in [1.29, 1.82) is 0 Å². The molecule has 0 saturated heterocycles. The maximum atomic E-state index is 12.7. The number of nitrogens with one attached hydrogen (secondary N) is 2. The summed E-state index contributed by atoms with van der Waals surface area (Å²) >= 11 is 0. The maximum absolute atomic E-state index is 12.7. The molecule has 0 fully saturated rings. The summed E-state index contributed by atoms with van der Waals surface area (Å²) in [5.41, 5.74) is 4.32. The van der Waals surface area contributed by atoms with E-state index in [-0.39, 0.29) is 17.7 Å². The second-order valence-corrected chi connectivity index (χ2v) is 10.9. The Morgan fingerprint density at radius 3 is 1.82 bits per heavy atom. The average molecular weight is 585 g/mol. The molecule has 0 aliphatic heterocycles. The molecule has 44 heavy (non-hydrogen) atoms. The van der Waals surface area contributed by atoms with E-state index in [0.717, 1.165) is 18.6 Å². The molecule has 2 N–H and O–H groups in total. The van der Waals surface area contributed by atoms with Crippen molar-refractivity contribution in [2.24, 2.45) is 5.92 Å². The van der Waals surface area contributed by atoms with E-state index >= 15 is 0 Å². The molecule has 222 valence electrons. The molecule has 5 aromatic rings. The van der Waals surface area contributed by atoms with E-state index in [1.807, 2.05) is 116 Å². The molecule has 0 aromatic heterocycles. The number of rotatable bonds is 12. The van der Waals surface area contributed by atoms with Crippen molar-refractivity contribution in [2.45, 2.75) is 33.1 Å². The SMILES string of the molecule is Cc1ccc(Oc2cccc(NC(=O)CC(C)CCc3ccc(Oc4cccc(NC(=O)c5ccccc5)c4)cc3)c2)cc1. The molecule has 5 rings (SSSR count). The minimum Gasteiger partial charge on any atom is -0.457 e. The van der Waals surface area contributed by atoms with Crippen LogP contribution in [0.4, 0.5) is 11.4 Å². The molecule has 0 bridgehead atoms. The lowest BCUT2D eigenvalue weighted by molar-refractivity contribution is -0.117. The molecule has 0 radical (unpaired) electrons. The quantitative estimate of drug-likeness (QED) is 0.153. The first kappa shape index (κ1) is 30.1. The third kappa shape index (κ3) is 9.07. The largest absolute Gasteiger partial charge is 0.457 e. The summed E-state index contributed by atoms with van der Waals surface area (Å²) in [5.74, 6) is 2.80. The topological polar surface area (TPSA) is 76.7 Å². The van der Waals surface area contributed by atoms with Crippen LogP contribution in [0.2, 0.25) is 0 Å². The lowest BCUT2D eigenvalue weighted by Gasteiger charge is -2.13. The minimum absolute atomic E-state index is 0.0177. The van der Waals surface area contributed by atoms with Crippen LogP contribution in [0.5, 0.6) is 23.0 Å². The molecule has 1 atom stereocenters. The van der Waals surface area contributed by atoms with Gasteiger partial charge in [0.1, 0.15) is 23.0 Å². The van der Waals surface area contributed by atoms with Crippen LogP contribution in [0.15, 0.2) is 127 Å². The Morgan fingerprint density at radius 1 is 0.636 bits per heavy atom. The first-order chi connectivity index (χ1) is 21.4. The predicted octanol–water partition coefficient (Wildman–Crippen LogP) is 9.43. The summed E-state index contributed by atoms with van der Waals surface area (Å²) < 4.78 is 12.0. The summed E-state index contributed by atoms with van der Waals surface area (Å²) in [4.78, 5) is 25.2. The van der Waals surface area contributed by atoms with Gasteiger partial charge in [0.15, 0.2) is 0 Å². The van der Waals surface area contributed by atoms with Gasteiger partial charge in [-0.25, -0.2) is 0 Å². The van der Waals surface area contributed by atoms with Crippen molar-refractivity contribution in [1.82, 2.24) is 0 Å². The molecule has 1 unspecified atom stereocenters. The van der Waals surface area contributed by atoms with Gasteiger partial charge in [0.2, 0.25) is 5.91 Å². The standard InChI is InChI=1S/C38H36N2O4/c1-27-15-20-33(21-16-27)43-35-12-6-10-31(25-35)39-37(41)24-28(2)14-17-29-18-22-34(23-19-29)44-36-13-7-11-32(26-36)40-38(42)30-8-4-3-5-9-30/h3-13,15-16,18-23,25-26,28H,14,17,24H2,1-2H3,(H,39,41)(H,40,42). The third-order valence-corrected chi connectivity index (χ3v) is 7.12. The zero-order valence-electron chi connectivity index (χ0n) is 25.0. The van der Waals surface area contributed by atoms with Crippen LogP contribution in [-0.2, 0) is 11.2 Å². The molecule has 6 nitrogen and oxygen atoms in total. The van der Waals surface area contributed by atoms with Crippen molar-refractivity contribution >= 4 is 23.2 Å². The Hall–Kier alpha value is -5.36. The van der Waals surface area contributed by atoms with Crippen molar-refractivity contribution in [2.75, 3.05) is 10.6 Å². The van der Waals surface area contributed by atoms with E-state index in [0.29, 0.717) is 40.6 Å². The molecule has 0 spiro atoms. The number of carbonyl (C=O) groups excluding carboxylic acids is 2. The van der Waals surface area contributed by atoms with Crippen LogP contribution in [-0.4, -0.2) is 11.8 Å². The fourth-order valence-electron chi connectivity index (χ4n) is 4.71. The van der Waals surface area contributed by atoms with Gasteiger partial charge in [-0.1, -0.05) is 67.1 Å². The van der Waals surface area contributed by atoms with Gasteiger partial charge in [-0.15, -0.1) is 0 Å². The smallest absolute Gasteiger partial charge is 0.255 e. The average Bonchev–Trinajstić information content (AvgIpc) is 3.02. The first-order valence-electron chi connectivity index (χ1n) is 14.8. The Kier molecular flexibility index (Phi) is 10.1. The molecule has 0 aliphatic carbocycles. The highest BCUT2D eigenvalue weighted by Gasteiger charge is 2.11. The van der Waals surface area contributed by atoms with Crippen LogP contribution in [0.3, 0.4) is 0 Å². The zero-order chi connectivity index (χ0) is 30.7. The van der Waals surface area contributed by atoms with Crippen molar-refractivity contribution in [3.05, 3.63) is 144 Å². The van der Waals surface area contributed by atoms with E-state index in [9.17, 15) is 9.59 Å². The van der Waals surface area contributed by atoms with Crippen LogP contribution >= 0.6 is 0 Å². The normalized spacial score (nSPS) is 11.3. The van der Waals surface area contributed by atoms with E-state index in [2.05, 4.69) is 17.6 Å². The molecule has 0 aliphatic rings. The Labute approximate surface area is 258 Å². The molecule has 2 amide bonds. The number of aryl methyl sites for hydroxylation is 2. The number of ether oxygens (including phenoxy) is 2. The number of amides is 2. The third-order valence-electron chi connectivity index (χ3n) is 7.12. The number of hydrogen-bond donors (Lipinski definition) is 2. The van der Waals surface area contributed by atoms with Gasteiger partial charge in [-0.2, -0.15) is 0 Å². The Bertz CT molecular complexity index is 1680. The highest BCUT2D eigenvalue weighted by molar-refractivity contribution is 6.04. The van der Waals surface area contributed by atoms with E-state index in [1.165, 1.54) is 11.1 Å². The van der Waals surface area contributed by atoms with Gasteiger partial charge in [-0.05, 0) is 91.9 Å². The lowest BCUT2D eigenvalue weighted by atomic mass is 9.98. The first-order valence-corrected chi connectivity index (χ1v) is 14.8. The fourth-order valence-corrected chi connectivity index (χ4v) is 4.71. The zero-order valence-corrected chi connectivity index (χ0v) is 25.0. The van der Waals surface area contributed by atoms with Crippen LogP contribution in [0.1, 0.15) is 41.3 Å². The molecule has 0 heterocycles. The number of benzene rings is 5. The molecule has 6 heteroatoms. The van der Waals surface area contributed by atoms with Gasteiger partial charge in [0, 0.05) is 35.5 Å². The van der Waals surface area contributed by atoms with Crippen molar-refractivity contribution in [3.63, 3.8) is 0 Å². The lowest BCUT2D eigenvalue weighted by Crippen LogP contribution is -2.15. The van der Waals surface area contributed by atoms with E-state index < -0.39 is 0 Å². The summed E-state index contributed by atoms with van der Waals surface area (Å²) in [5, 5.41) is 5.91. The second kappa shape index (κ2) is 14.7. The van der Waals surface area contributed by atoms with E-state index in [4.69, 9.17) is 9.47 Å². The van der Waals surface area contributed by atoms with Crippen LogP contribution < -0.4 is 20.1 Å². The molecule has 5 aromatic carbocycles. The number of carbonyl (C=O) groups is 2. The highest BCUT2D eigenvalue weighted by Crippen LogP contribution is 2.27. The van der Waals surface area contributed by atoms with Crippen LogP contribution in [0.25, 0.3) is 0 Å². The van der Waals surface area contributed by atoms with Gasteiger partial charge < -0.3 is 20.1 Å². The summed E-state index contributed by atoms with van der Waals surface area (Å²) in [6.45, 7) is 4.13. The van der Waals surface area contributed by atoms with Gasteiger partial charge >= 0.3 is 0 Å². The predicted molar refractivity (Wildman–Crippen MR) is 176 cm³/mol. The number of anilines is 2. The van der Waals surface area contributed by atoms with E-state index in [1.54, 1.807) is 18.2 Å².